The first-order valence-electron chi connectivity index (χ1n) is 5.87. The summed E-state index contributed by atoms with van der Waals surface area (Å²) in [6.07, 6.45) is 1.60. The lowest BCUT2D eigenvalue weighted by molar-refractivity contribution is 0.0935. The van der Waals surface area contributed by atoms with Crippen LogP contribution in [0.5, 0.6) is 0 Å². The van der Waals surface area contributed by atoms with Crippen molar-refractivity contribution in [3.8, 4) is 0 Å². The molecule has 0 aliphatic heterocycles. The second-order valence-electron chi connectivity index (χ2n) is 4.45. The predicted molar refractivity (Wildman–Crippen MR) is 72.3 cm³/mol. The molecule has 0 radical (unpaired) electrons. The zero-order valence-electron chi connectivity index (χ0n) is 10.5. The van der Waals surface area contributed by atoms with Crippen molar-refractivity contribution in [3.05, 3.63) is 53.3 Å². The van der Waals surface area contributed by atoms with E-state index in [-0.39, 0.29) is 11.9 Å². The van der Waals surface area contributed by atoms with E-state index in [1.165, 1.54) is 5.56 Å². The fourth-order valence-corrected chi connectivity index (χ4v) is 1.76. The quantitative estimate of drug-likeness (QED) is 0.774. The number of benzene rings is 1. The normalized spacial score (nSPS) is 12.1. The number of H-pyrrole nitrogens is 1. The third-order valence-electron chi connectivity index (χ3n) is 2.87. The standard InChI is InChI=1S/C14H17N3O/c1-9-3-5-11(6-4-9)10(2)17-14(18)13-7-12(15)8-16-13/h3-8,10,16H,15H2,1-2H3,(H,17,18). The molecular formula is C14H17N3O. The van der Waals surface area contributed by atoms with Crippen LogP contribution in [0.4, 0.5) is 5.69 Å². The molecule has 94 valence electrons. The van der Waals surface area contributed by atoms with Gasteiger partial charge in [-0.15, -0.1) is 0 Å². The van der Waals surface area contributed by atoms with Crippen LogP contribution >= 0.6 is 0 Å². The zero-order chi connectivity index (χ0) is 13.1. The molecule has 1 aromatic heterocycles. The van der Waals surface area contributed by atoms with Gasteiger partial charge in [0, 0.05) is 11.9 Å². The van der Waals surface area contributed by atoms with Crippen molar-refractivity contribution in [3.63, 3.8) is 0 Å². The molecule has 2 aromatic rings. The number of aromatic amines is 1. The minimum absolute atomic E-state index is 0.0392. The lowest BCUT2D eigenvalue weighted by Crippen LogP contribution is -2.26. The van der Waals surface area contributed by atoms with E-state index in [4.69, 9.17) is 5.73 Å². The van der Waals surface area contributed by atoms with Gasteiger partial charge in [0.25, 0.3) is 5.91 Å². The first-order valence-corrected chi connectivity index (χ1v) is 5.87. The van der Waals surface area contributed by atoms with E-state index in [1.54, 1.807) is 12.3 Å². The Labute approximate surface area is 106 Å². The lowest BCUT2D eigenvalue weighted by atomic mass is 10.1. The van der Waals surface area contributed by atoms with Gasteiger partial charge in [0.1, 0.15) is 5.69 Å². The van der Waals surface area contributed by atoms with Crippen LogP contribution in [-0.4, -0.2) is 10.9 Å². The fourth-order valence-electron chi connectivity index (χ4n) is 1.76. The molecule has 1 atom stereocenters. The van der Waals surface area contributed by atoms with Crippen LogP contribution < -0.4 is 11.1 Å². The molecule has 0 spiro atoms. The number of nitrogens with two attached hydrogens (primary N) is 1. The van der Waals surface area contributed by atoms with E-state index in [9.17, 15) is 4.79 Å². The van der Waals surface area contributed by atoms with Gasteiger partial charge >= 0.3 is 0 Å². The van der Waals surface area contributed by atoms with E-state index in [0.717, 1.165) is 5.56 Å². The molecule has 4 N–H and O–H groups in total. The Kier molecular flexibility index (Phi) is 3.37. The largest absolute Gasteiger partial charge is 0.397 e. The van der Waals surface area contributed by atoms with Crippen LogP contribution in [0, 0.1) is 6.92 Å². The summed E-state index contributed by atoms with van der Waals surface area (Å²) in [6, 6.07) is 9.68. The molecule has 0 bridgehead atoms. The monoisotopic (exact) mass is 243 g/mol. The maximum atomic E-state index is 11.9. The molecule has 0 aliphatic carbocycles. The summed E-state index contributed by atoms with van der Waals surface area (Å²) >= 11 is 0. The van der Waals surface area contributed by atoms with Gasteiger partial charge in [0.15, 0.2) is 0 Å². The number of aromatic nitrogens is 1. The van der Waals surface area contributed by atoms with Gasteiger partial charge in [0.2, 0.25) is 0 Å². The number of nitrogen functional groups attached to an aromatic ring is 1. The Morgan fingerprint density at radius 1 is 1.33 bits per heavy atom. The van der Waals surface area contributed by atoms with E-state index >= 15 is 0 Å². The Hall–Kier alpha value is -2.23. The Morgan fingerprint density at radius 2 is 2.00 bits per heavy atom. The minimum atomic E-state index is -0.153. The Morgan fingerprint density at radius 3 is 2.56 bits per heavy atom. The molecular weight excluding hydrogens is 226 g/mol. The first kappa shape index (κ1) is 12.2. The van der Waals surface area contributed by atoms with Gasteiger partial charge in [-0.3, -0.25) is 4.79 Å². The van der Waals surface area contributed by atoms with Gasteiger partial charge in [-0.2, -0.15) is 0 Å². The number of anilines is 1. The van der Waals surface area contributed by atoms with Crippen LogP contribution in [0.2, 0.25) is 0 Å². The van der Waals surface area contributed by atoms with E-state index in [1.807, 2.05) is 38.1 Å². The molecule has 1 aromatic carbocycles. The minimum Gasteiger partial charge on any atom is -0.397 e. The van der Waals surface area contributed by atoms with Crippen LogP contribution in [0.15, 0.2) is 36.5 Å². The second-order valence-corrected chi connectivity index (χ2v) is 4.45. The van der Waals surface area contributed by atoms with E-state index in [2.05, 4.69) is 10.3 Å². The average Bonchev–Trinajstić information content (AvgIpc) is 2.76. The number of hydrogen-bond donors (Lipinski definition) is 3. The number of nitrogens with one attached hydrogen (secondary N) is 2. The van der Waals surface area contributed by atoms with Gasteiger partial charge in [0.05, 0.1) is 6.04 Å². The van der Waals surface area contributed by atoms with Crippen molar-refractivity contribution >= 4 is 11.6 Å². The summed E-state index contributed by atoms with van der Waals surface area (Å²) < 4.78 is 0. The van der Waals surface area contributed by atoms with Crippen LogP contribution in [0.25, 0.3) is 0 Å². The number of aryl methyl sites for hydroxylation is 1. The van der Waals surface area contributed by atoms with Crippen molar-refractivity contribution in [1.29, 1.82) is 0 Å². The Balaban J connectivity index is 2.05. The highest BCUT2D eigenvalue weighted by Crippen LogP contribution is 2.14. The SMILES string of the molecule is Cc1ccc(C(C)NC(=O)c2cc(N)c[nH]2)cc1. The third-order valence-corrected chi connectivity index (χ3v) is 2.87. The summed E-state index contributed by atoms with van der Waals surface area (Å²) in [5.41, 5.74) is 8.88. The van der Waals surface area contributed by atoms with Crippen molar-refractivity contribution in [1.82, 2.24) is 10.3 Å². The highest BCUT2D eigenvalue weighted by atomic mass is 16.1. The number of amides is 1. The maximum absolute atomic E-state index is 11.9. The maximum Gasteiger partial charge on any atom is 0.268 e. The van der Waals surface area contributed by atoms with Gasteiger partial charge in [-0.1, -0.05) is 29.8 Å². The number of carbonyl (C=O) groups excluding carboxylic acids is 1. The molecule has 2 rings (SSSR count). The number of rotatable bonds is 3. The highest BCUT2D eigenvalue weighted by molar-refractivity contribution is 5.93. The van der Waals surface area contributed by atoms with Crippen molar-refractivity contribution < 1.29 is 4.79 Å². The fraction of sp³-hybridized carbons (Fsp3) is 0.214. The summed E-state index contributed by atoms with van der Waals surface area (Å²) in [4.78, 5) is 14.7. The molecule has 1 amide bonds. The topological polar surface area (TPSA) is 70.9 Å². The second kappa shape index (κ2) is 4.96. The lowest BCUT2D eigenvalue weighted by Gasteiger charge is -2.13. The summed E-state index contributed by atoms with van der Waals surface area (Å²) in [7, 11) is 0. The highest BCUT2D eigenvalue weighted by Gasteiger charge is 2.12. The van der Waals surface area contributed by atoms with Crippen molar-refractivity contribution in [2.45, 2.75) is 19.9 Å². The molecule has 18 heavy (non-hydrogen) atoms. The summed E-state index contributed by atoms with van der Waals surface area (Å²) in [6.45, 7) is 3.99. The van der Waals surface area contributed by atoms with Gasteiger partial charge in [-0.05, 0) is 25.5 Å². The van der Waals surface area contributed by atoms with Crippen LogP contribution in [0.3, 0.4) is 0 Å². The van der Waals surface area contributed by atoms with E-state index in [0.29, 0.717) is 11.4 Å². The molecule has 0 fully saturated rings. The van der Waals surface area contributed by atoms with Gasteiger partial charge < -0.3 is 16.0 Å². The number of carbonyl (C=O) groups is 1. The van der Waals surface area contributed by atoms with E-state index < -0.39 is 0 Å². The van der Waals surface area contributed by atoms with Crippen LogP contribution in [-0.2, 0) is 0 Å². The smallest absolute Gasteiger partial charge is 0.268 e. The summed E-state index contributed by atoms with van der Waals surface area (Å²) in [5.74, 6) is -0.153. The van der Waals surface area contributed by atoms with Gasteiger partial charge in [-0.25, -0.2) is 0 Å². The average molecular weight is 243 g/mol. The van der Waals surface area contributed by atoms with Crippen molar-refractivity contribution in [2.75, 3.05) is 5.73 Å². The molecule has 0 saturated carbocycles. The summed E-state index contributed by atoms with van der Waals surface area (Å²) in [5, 5.41) is 2.92. The zero-order valence-corrected chi connectivity index (χ0v) is 10.5. The first-order chi connectivity index (χ1) is 8.56. The van der Waals surface area contributed by atoms with Crippen LogP contribution in [0.1, 0.15) is 34.6 Å². The predicted octanol–water partition coefficient (Wildman–Crippen LogP) is 2.40. The molecule has 4 nitrogen and oxygen atoms in total. The Bertz CT molecular complexity index is 542. The molecule has 0 saturated heterocycles. The third kappa shape index (κ3) is 2.71. The molecule has 0 aliphatic rings. The molecule has 4 heteroatoms. The molecule has 1 unspecified atom stereocenters. The van der Waals surface area contributed by atoms with Crippen molar-refractivity contribution in [2.24, 2.45) is 0 Å². The molecule has 1 heterocycles. The number of hydrogen-bond acceptors (Lipinski definition) is 2.